The van der Waals surface area contributed by atoms with Crippen molar-refractivity contribution in [3.8, 4) is 0 Å². The highest BCUT2D eigenvalue weighted by atomic mass is 16.5. The summed E-state index contributed by atoms with van der Waals surface area (Å²) < 4.78 is 4.51. The van der Waals surface area contributed by atoms with Crippen LogP contribution in [0.15, 0.2) is 23.4 Å². The molecule has 2 N–H and O–H groups in total. The monoisotopic (exact) mass is 193 g/mol. The molecule has 0 aliphatic heterocycles. The summed E-state index contributed by atoms with van der Waals surface area (Å²) in [7, 11) is 1.27. The van der Waals surface area contributed by atoms with Gasteiger partial charge in [0.25, 0.3) is 0 Å². The minimum atomic E-state index is -0.592. The Bertz CT molecular complexity index is 374. The van der Waals surface area contributed by atoms with Gasteiger partial charge < -0.3 is 10.6 Å². The van der Waals surface area contributed by atoms with Crippen molar-refractivity contribution in [2.24, 2.45) is 10.9 Å². The fourth-order valence-corrected chi connectivity index (χ4v) is 0.986. The fourth-order valence-electron chi connectivity index (χ4n) is 0.986. The van der Waals surface area contributed by atoms with E-state index in [2.05, 4.69) is 14.8 Å². The van der Waals surface area contributed by atoms with E-state index in [0.717, 1.165) is 5.56 Å². The number of methoxy groups -OCH3 is 1. The average Bonchev–Trinajstić information content (AvgIpc) is 2.19. The molecule has 74 valence electrons. The van der Waals surface area contributed by atoms with E-state index < -0.39 is 5.97 Å². The number of aromatic nitrogens is 1. The number of hydrazone groups is 1. The van der Waals surface area contributed by atoms with Crippen LogP contribution in [0, 0.1) is 6.92 Å². The summed E-state index contributed by atoms with van der Waals surface area (Å²) in [4.78, 5) is 15.1. The number of carbonyl (C=O) groups excluding carboxylic acids is 1. The summed E-state index contributed by atoms with van der Waals surface area (Å²) in [5, 5.41) is 3.35. The molecule has 0 atom stereocenters. The molecule has 1 aromatic rings. The van der Waals surface area contributed by atoms with Gasteiger partial charge in [0.15, 0.2) is 5.71 Å². The minimum absolute atomic E-state index is 0.0243. The molecule has 0 saturated heterocycles. The Hall–Kier alpha value is -1.91. The number of ether oxygens (including phenoxy) is 1. The molecule has 0 saturated carbocycles. The van der Waals surface area contributed by atoms with Gasteiger partial charge in [0.1, 0.15) is 0 Å². The predicted molar refractivity (Wildman–Crippen MR) is 51.7 cm³/mol. The third-order valence-corrected chi connectivity index (χ3v) is 1.67. The van der Waals surface area contributed by atoms with Crippen LogP contribution in [0.1, 0.15) is 11.3 Å². The SMILES string of the molecule is COC(=O)C(=NN)c1cc(C)ccn1. The topological polar surface area (TPSA) is 77.6 Å². The molecule has 0 amide bonds. The van der Waals surface area contributed by atoms with Crippen LogP contribution < -0.4 is 5.84 Å². The van der Waals surface area contributed by atoms with Gasteiger partial charge >= 0.3 is 5.97 Å². The fraction of sp³-hybridized carbons (Fsp3) is 0.222. The quantitative estimate of drug-likeness (QED) is 0.315. The number of nitrogens with zero attached hydrogens (tertiary/aromatic N) is 2. The zero-order valence-corrected chi connectivity index (χ0v) is 8.02. The first kappa shape index (κ1) is 10.2. The Morgan fingerprint density at radius 2 is 2.36 bits per heavy atom. The lowest BCUT2D eigenvalue weighted by Crippen LogP contribution is -2.20. The summed E-state index contributed by atoms with van der Waals surface area (Å²) in [6, 6.07) is 3.53. The molecule has 0 radical (unpaired) electrons. The van der Waals surface area contributed by atoms with E-state index in [-0.39, 0.29) is 5.71 Å². The Balaban J connectivity index is 3.08. The van der Waals surface area contributed by atoms with Crippen molar-refractivity contribution < 1.29 is 9.53 Å². The molecule has 0 bridgehead atoms. The molecular weight excluding hydrogens is 182 g/mol. The number of hydrogen-bond donors (Lipinski definition) is 1. The number of nitrogens with two attached hydrogens (primary N) is 1. The van der Waals surface area contributed by atoms with Crippen molar-refractivity contribution in [2.45, 2.75) is 6.92 Å². The molecular formula is C9H11N3O2. The van der Waals surface area contributed by atoms with Crippen molar-refractivity contribution in [2.75, 3.05) is 7.11 Å². The van der Waals surface area contributed by atoms with Crippen LogP contribution in [-0.4, -0.2) is 23.8 Å². The zero-order chi connectivity index (χ0) is 10.6. The summed E-state index contributed by atoms with van der Waals surface area (Å²) >= 11 is 0. The first-order valence-electron chi connectivity index (χ1n) is 3.98. The Morgan fingerprint density at radius 3 is 2.86 bits per heavy atom. The van der Waals surface area contributed by atoms with Crippen LogP contribution in [0.4, 0.5) is 0 Å². The standard InChI is InChI=1S/C9H11N3O2/c1-6-3-4-11-7(5-6)8(12-10)9(13)14-2/h3-5H,10H2,1-2H3. The van der Waals surface area contributed by atoms with Crippen LogP contribution in [0.3, 0.4) is 0 Å². The molecule has 5 heteroatoms. The van der Waals surface area contributed by atoms with Gasteiger partial charge in [0.05, 0.1) is 12.8 Å². The van der Waals surface area contributed by atoms with Crippen molar-refractivity contribution in [1.29, 1.82) is 0 Å². The maximum Gasteiger partial charge on any atom is 0.360 e. The Labute approximate surface area is 81.6 Å². The van der Waals surface area contributed by atoms with E-state index in [0.29, 0.717) is 5.69 Å². The van der Waals surface area contributed by atoms with Gasteiger partial charge in [-0.05, 0) is 24.6 Å². The lowest BCUT2D eigenvalue weighted by Gasteiger charge is -2.02. The molecule has 14 heavy (non-hydrogen) atoms. The third kappa shape index (κ3) is 2.07. The normalized spacial score (nSPS) is 11.1. The van der Waals surface area contributed by atoms with Crippen LogP contribution >= 0.6 is 0 Å². The van der Waals surface area contributed by atoms with Gasteiger partial charge in [-0.1, -0.05) is 0 Å². The lowest BCUT2D eigenvalue weighted by molar-refractivity contribution is -0.132. The van der Waals surface area contributed by atoms with Gasteiger partial charge in [-0.2, -0.15) is 5.10 Å². The second kappa shape index (κ2) is 4.36. The maximum atomic E-state index is 11.2. The zero-order valence-electron chi connectivity index (χ0n) is 8.02. The number of pyridine rings is 1. The van der Waals surface area contributed by atoms with E-state index in [1.54, 1.807) is 12.3 Å². The van der Waals surface area contributed by atoms with Crippen LogP contribution in [0.25, 0.3) is 0 Å². The summed E-state index contributed by atoms with van der Waals surface area (Å²) in [5.41, 5.74) is 1.41. The highest BCUT2D eigenvalue weighted by molar-refractivity contribution is 6.42. The highest BCUT2D eigenvalue weighted by Crippen LogP contribution is 2.02. The second-order valence-electron chi connectivity index (χ2n) is 2.69. The van der Waals surface area contributed by atoms with Gasteiger partial charge in [-0.25, -0.2) is 4.79 Å². The lowest BCUT2D eigenvalue weighted by atomic mass is 10.2. The second-order valence-corrected chi connectivity index (χ2v) is 2.69. The molecule has 0 aliphatic carbocycles. The van der Waals surface area contributed by atoms with Crippen molar-refractivity contribution in [3.05, 3.63) is 29.6 Å². The van der Waals surface area contributed by atoms with Crippen LogP contribution in [0.2, 0.25) is 0 Å². The van der Waals surface area contributed by atoms with E-state index in [4.69, 9.17) is 5.84 Å². The first-order valence-corrected chi connectivity index (χ1v) is 3.98. The summed E-state index contributed by atoms with van der Waals surface area (Å²) in [6.07, 6.45) is 1.58. The third-order valence-electron chi connectivity index (χ3n) is 1.67. The largest absolute Gasteiger partial charge is 0.464 e. The van der Waals surface area contributed by atoms with Gasteiger partial charge in [0.2, 0.25) is 0 Å². The molecule has 5 nitrogen and oxygen atoms in total. The molecule has 1 aromatic heterocycles. The van der Waals surface area contributed by atoms with Crippen molar-refractivity contribution in [3.63, 3.8) is 0 Å². The number of aryl methyl sites for hydroxylation is 1. The average molecular weight is 193 g/mol. The van der Waals surface area contributed by atoms with E-state index in [1.807, 2.05) is 13.0 Å². The van der Waals surface area contributed by atoms with Gasteiger partial charge in [0, 0.05) is 6.20 Å². The summed E-state index contributed by atoms with van der Waals surface area (Å²) in [6.45, 7) is 1.89. The number of carbonyl (C=O) groups is 1. The Kier molecular flexibility index (Phi) is 3.17. The van der Waals surface area contributed by atoms with E-state index >= 15 is 0 Å². The van der Waals surface area contributed by atoms with Crippen molar-refractivity contribution in [1.82, 2.24) is 4.98 Å². The van der Waals surface area contributed by atoms with Gasteiger partial charge in [-0.3, -0.25) is 4.98 Å². The molecule has 1 rings (SSSR count). The maximum absolute atomic E-state index is 11.2. The van der Waals surface area contributed by atoms with Crippen molar-refractivity contribution >= 4 is 11.7 Å². The number of hydrogen-bond acceptors (Lipinski definition) is 5. The number of rotatable bonds is 2. The molecule has 0 spiro atoms. The smallest absolute Gasteiger partial charge is 0.360 e. The minimum Gasteiger partial charge on any atom is -0.464 e. The highest BCUT2D eigenvalue weighted by Gasteiger charge is 2.15. The molecule has 0 aromatic carbocycles. The summed E-state index contributed by atoms with van der Waals surface area (Å²) in [5.74, 6) is 4.49. The Morgan fingerprint density at radius 1 is 1.64 bits per heavy atom. The van der Waals surface area contributed by atoms with Crippen LogP contribution in [-0.2, 0) is 9.53 Å². The van der Waals surface area contributed by atoms with E-state index in [1.165, 1.54) is 7.11 Å². The molecule has 1 heterocycles. The molecule has 0 unspecified atom stereocenters. The van der Waals surface area contributed by atoms with E-state index in [9.17, 15) is 4.79 Å². The van der Waals surface area contributed by atoms with Gasteiger partial charge in [-0.15, -0.1) is 0 Å². The number of esters is 1. The molecule has 0 fully saturated rings. The molecule has 0 aliphatic rings. The first-order chi connectivity index (χ1) is 6.69. The van der Waals surface area contributed by atoms with Crippen LogP contribution in [0.5, 0.6) is 0 Å². The predicted octanol–water partition coefficient (Wildman–Crippen LogP) is 0.226.